The zero-order valence-corrected chi connectivity index (χ0v) is 13.0. The van der Waals surface area contributed by atoms with Crippen molar-refractivity contribution in [2.75, 3.05) is 31.6 Å². The highest BCUT2D eigenvalue weighted by molar-refractivity contribution is 9.10. The van der Waals surface area contributed by atoms with Crippen LogP contribution in [-0.2, 0) is 9.53 Å². The van der Waals surface area contributed by atoms with E-state index in [0.717, 1.165) is 10.2 Å². The van der Waals surface area contributed by atoms with E-state index in [9.17, 15) is 4.79 Å². The molecule has 6 heteroatoms. The molecule has 0 radical (unpaired) electrons. The second kappa shape index (κ2) is 6.59. The third kappa shape index (κ3) is 3.84. The van der Waals surface area contributed by atoms with Crippen LogP contribution in [0.5, 0.6) is 0 Å². The molecular formula is C13H16BrClN2O2. The summed E-state index contributed by atoms with van der Waals surface area (Å²) in [6.07, 6.45) is 0. The maximum Gasteiger partial charge on any atom is 0.244 e. The Kier molecular flexibility index (Phi) is 5.07. The Bertz CT molecular complexity index is 464. The molecule has 0 saturated carbocycles. The molecule has 0 aromatic heterocycles. The van der Waals surface area contributed by atoms with Gasteiger partial charge in [-0.25, -0.2) is 0 Å². The number of nitrogens with zero attached hydrogens (tertiary/aromatic N) is 1. The van der Waals surface area contributed by atoms with Crippen LogP contribution in [0.3, 0.4) is 0 Å². The summed E-state index contributed by atoms with van der Waals surface area (Å²) in [6, 6.07) is 5.24. The van der Waals surface area contributed by atoms with Crippen LogP contribution in [0.1, 0.15) is 6.92 Å². The Balaban J connectivity index is 1.99. The maximum absolute atomic E-state index is 12.2. The molecule has 1 aliphatic rings. The smallest absolute Gasteiger partial charge is 0.244 e. The van der Waals surface area contributed by atoms with Crippen molar-refractivity contribution in [1.82, 2.24) is 4.90 Å². The number of nitrogens with one attached hydrogen (secondary N) is 1. The number of halogens is 2. The summed E-state index contributed by atoms with van der Waals surface area (Å²) in [7, 11) is 0. The Morgan fingerprint density at radius 3 is 2.79 bits per heavy atom. The lowest BCUT2D eigenvalue weighted by Crippen LogP contribution is -2.47. The van der Waals surface area contributed by atoms with Crippen LogP contribution in [0.4, 0.5) is 5.69 Å². The van der Waals surface area contributed by atoms with Gasteiger partial charge in [-0.15, -0.1) is 0 Å². The van der Waals surface area contributed by atoms with Crippen molar-refractivity contribution in [2.24, 2.45) is 0 Å². The van der Waals surface area contributed by atoms with Gasteiger partial charge >= 0.3 is 0 Å². The molecule has 0 spiro atoms. The Hall–Kier alpha value is -0.780. The molecule has 1 aromatic carbocycles. The topological polar surface area (TPSA) is 41.6 Å². The van der Waals surface area contributed by atoms with Gasteiger partial charge in [-0.1, -0.05) is 27.5 Å². The van der Waals surface area contributed by atoms with E-state index in [1.807, 2.05) is 24.0 Å². The molecule has 1 aromatic rings. The highest BCUT2D eigenvalue weighted by atomic mass is 79.9. The minimum absolute atomic E-state index is 0.0716. The first-order valence-electron chi connectivity index (χ1n) is 6.16. The van der Waals surface area contributed by atoms with Crippen LogP contribution < -0.4 is 5.32 Å². The zero-order chi connectivity index (χ0) is 13.8. The largest absolute Gasteiger partial charge is 0.378 e. The molecule has 2 rings (SSSR count). The summed E-state index contributed by atoms with van der Waals surface area (Å²) >= 11 is 9.48. The number of morpholine rings is 1. The van der Waals surface area contributed by atoms with Gasteiger partial charge in [0.15, 0.2) is 0 Å². The fourth-order valence-electron chi connectivity index (χ4n) is 1.96. The molecule has 1 saturated heterocycles. The molecule has 1 amide bonds. The van der Waals surface area contributed by atoms with Crippen molar-refractivity contribution >= 4 is 39.1 Å². The number of carbonyl (C=O) groups excluding carboxylic acids is 1. The average Bonchev–Trinajstić information content (AvgIpc) is 2.42. The average molecular weight is 348 g/mol. The number of anilines is 1. The summed E-state index contributed by atoms with van der Waals surface area (Å²) in [5.74, 6) is 0.0716. The van der Waals surface area contributed by atoms with Gasteiger partial charge in [0, 0.05) is 17.6 Å². The standard InChI is InChI=1S/C13H16BrClN2O2/c1-9(13(18)17-4-6-19-7-5-17)16-12-3-2-10(14)8-11(12)15/h2-3,8-9,16H,4-7H2,1H3. The third-order valence-electron chi connectivity index (χ3n) is 3.00. The van der Waals surface area contributed by atoms with Crippen molar-refractivity contribution in [1.29, 1.82) is 0 Å². The van der Waals surface area contributed by atoms with Gasteiger partial charge < -0.3 is 15.0 Å². The van der Waals surface area contributed by atoms with E-state index in [1.54, 1.807) is 6.07 Å². The van der Waals surface area contributed by atoms with Gasteiger partial charge in [-0.3, -0.25) is 4.79 Å². The van der Waals surface area contributed by atoms with Crippen molar-refractivity contribution in [2.45, 2.75) is 13.0 Å². The van der Waals surface area contributed by atoms with E-state index < -0.39 is 0 Å². The second-order valence-corrected chi connectivity index (χ2v) is 5.75. The van der Waals surface area contributed by atoms with Crippen molar-refractivity contribution in [3.63, 3.8) is 0 Å². The lowest BCUT2D eigenvalue weighted by Gasteiger charge is -2.29. The number of hydrogen-bond acceptors (Lipinski definition) is 3. The molecule has 4 nitrogen and oxygen atoms in total. The quantitative estimate of drug-likeness (QED) is 0.914. The Morgan fingerprint density at radius 2 is 2.16 bits per heavy atom. The summed E-state index contributed by atoms with van der Waals surface area (Å²) in [5, 5.41) is 3.74. The number of hydrogen-bond donors (Lipinski definition) is 1. The molecule has 1 N–H and O–H groups in total. The minimum Gasteiger partial charge on any atom is -0.378 e. The van der Waals surface area contributed by atoms with E-state index in [4.69, 9.17) is 16.3 Å². The van der Waals surface area contributed by atoms with E-state index in [-0.39, 0.29) is 11.9 Å². The van der Waals surface area contributed by atoms with Crippen molar-refractivity contribution in [3.05, 3.63) is 27.7 Å². The fraction of sp³-hybridized carbons (Fsp3) is 0.462. The number of rotatable bonds is 3. The number of benzene rings is 1. The monoisotopic (exact) mass is 346 g/mol. The van der Waals surface area contributed by atoms with Crippen LogP contribution in [0.25, 0.3) is 0 Å². The predicted octanol–water partition coefficient (Wildman–Crippen LogP) is 2.76. The summed E-state index contributed by atoms with van der Waals surface area (Å²) < 4.78 is 6.15. The predicted molar refractivity (Wildman–Crippen MR) is 79.6 cm³/mol. The van der Waals surface area contributed by atoms with Gasteiger partial charge in [0.25, 0.3) is 0 Å². The van der Waals surface area contributed by atoms with Gasteiger partial charge in [-0.05, 0) is 25.1 Å². The van der Waals surface area contributed by atoms with Crippen molar-refractivity contribution < 1.29 is 9.53 Å². The van der Waals surface area contributed by atoms with Gasteiger partial charge in [-0.2, -0.15) is 0 Å². The van der Waals surface area contributed by atoms with Gasteiger partial charge in [0.1, 0.15) is 6.04 Å². The molecule has 1 atom stereocenters. The summed E-state index contributed by atoms with van der Waals surface area (Å²) in [6.45, 7) is 4.36. The van der Waals surface area contributed by atoms with Crippen LogP contribution in [0, 0.1) is 0 Å². The Labute approximate surface area is 126 Å². The van der Waals surface area contributed by atoms with Crippen LogP contribution in [0.15, 0.2) is 22.7 Å². The van der Waals surface area contributed by atoms with Gasteiger partial charge in [0.05, 0.1) is 23.9 Å². The molecule has 0 aliphatic carbocycles. The summed E-state index contributed by atoms with van der Waals surface area (Å²) in [4.78, 5) is 14.0. The molecular weight excluding hydrogens is 332 g/mol. The number of amides is 1. The van der Waals surface area contributed by atoms with Crippen molar-refractivity contribution in [3.8, 4) is 0 Å². The first kappa shape index (κ1) is 14.6. The molecule has 104 valence electrons. The maximum atomic E-state index is 12.2. The number of ether oxygens (including phenoxy) is 1. The highest BCUT2D eigenvalue weighted by Gasteiger charge is 2.22. The molecule has 1 aliphatic heterocycles. The number of carbonyl (C=O) groups is 1. The lowest BCUT2D eigenvalue weighted by molar-refractivity contribution is -0.135. The van der Waals surface area contributed by atoms with E-state index >= 15 is 0 Å². The van der Waals surface area contributed by atoms with E-state index in [2.05, 4.69) is 21.2 Å². The fourth-order valence-corrected chi connectivity index (χ4v) is 2.69. The first-order chi connectivity index (χ1) is 9.08. The zero-order valence-electron chi connectivity index (χ0n) is 10.7. The molecule has 19 heavy (non-hydrogen) atoms. The molecule has 0 bridgehead atoms. The third-order valence-corrected chi connectivity index (χ3v) is 3.80. The summed E-state index contributed by atoms with van der Waals surface area (Å²) in [5.41, 5.74) is 0.763. The SMILES string of the molecule is CC(Nc1ccc(Br)cc1Cl)C(=O)N1CCOCC1. The normalized spacial score (nSPS) is 17.1. The van der Waals surface area contributed by atoms with E-state index in [0.29, 0.717) is 31.3 Å². The van der Waals surface area contributed by atoms with E-state index in [1.165, 1.54) is 0 Å². The molecule has 1 heterocycles. The van der Waals surface area contributed by atoms with Crippen LogP contribution in [-0.4, -0.2) is 43.2 Å². The lowest BCUT2D eigenvalue weighted by atomic mass is 10.2. The second-order valence-electron chi connectivity index (χ2n) is 4.43. The minimum atomic E-state index is -0.309. The van der Waals surface area contributed by atoms with Crippen LogP contribution >= 0.6 is 27.5 Å². The molecule has 1 fully saturated rings. The van der Waals surface area contributed by atoms with Crippen LogP contribution in [0.2, 0.25) is 5.02 Å². The Morgan fingerprint density at radius 1 is 1.47 bits per heavy atom. The van der Waals surface area contributed by atoms with Gasteiger partial charge in [0.2, 0.25) is 5.91 Å². The molecule has 1 unspecified atom stereocenters. The first-order valence-corrected chi connectivity index (χ1v) is 7.33. The highest BCUT2D eigenvalue weighted by Crippen LogP contribution is 2.26.